The molecule has 7 nitrogen and oxygen atoms in total. The number of rotatable bonds is 4. The molecule has 2 rings (SSSR count). The zero-order valence-electron chi connectivity index (χ0n) is 10.8. The lowest BCUT2D eigenvalue weighted by atomic mass is 10.3. The number of esters is 1. The minimum Gasteiger partial charge on any atom is -0.469 e. The first-order valence-electron chi connectivity index (χ1n) is 5.61. The number of aryl methyl sites for hydroxylation is 1. The summed E-state index contributed by atoms with van der Waals surface area (Å²) in [4.78, 5) is 11.1. The van der Waals surface area contributed by atoms with Crippen LogP contribution in [0.1, 0.15) is 30.4 Å². The standard InChI is InChI=1S/C11H13ClN4O3/c1-6-8(12)5-16(15-6)7(2)11-14-13-9(19-11)4-10(17)18-3/h5,7H,4H2,1-3H3. The molecule has 2 aromatic rings. The van der Waals surface area contributed by atoms with E-state index in [1.807, 2.05) is 13.8 Å². The third-order valence-corrected chi connectivity index (χ3v) is 2.99. The number of carbonyl (C=O) groups is 1. The Balaban J connectivity index is 2.15. The van der Waals surface area contributed by atoms with Gasteiger partial charge in [0.15, 0.2) is 0 Å². The number of aromatic nitrogens is 4. The number of carbonyl (C=O) groups excluding carboxylic acids is 1. The van der Waals surface area contributed by atoms with Crippen LogP contribution in [-0.4, -0.2) is 33.1 Å². The number of ether oxygens (including phenoxy) is 1. The lowest BCUT2D eigenvalue weighted by Crippen LogP contribution is -2.08. The smallest absolute Gasteiger partial charge is 0.315 e. The molecule has 0 aliphatic carbocycles. The van der Waals surface area contributed by atoms with Crippen LogP contribution in [0.2, 0.25) is 5.02 Å². The van der Waals surface area contributed by atoms with Gasteiger partial charge in [-0.15, -0.1) is 10.2 Å². The first-order valence-corrected chi connectivity index (χ1v) is 5.99. The van der Waals surface area contributed by atoms with Gasteiger partial charge in [-0.25, -0.2) is 0 Å². The predicted molar refractivity (Wildman–Crippen MR) is 65.8 cm³/mol. The Bertz CT molecular complexity index is 573. The van der Waals surface area contributed by atoms with Crippen LogP contribution in [0.25, 0.3) is 0 Å². The molecule has 0 bridgehead atoms. The fraction of sp³-hybridized carbons (Fsp3) is 0.455. The van der Waals surface area contributed by atoms with Crippen molar-refractivity contribution in [2.75, 3.05) is 7.11 Å². The third-order valence-electron chi connectivity index (χ3n) is 2.62. The second-order valence-corrected chi connectivity index (χ2v) is 4.41. The Morgan fingerprint density at radius 3 is 2.89 bits per heavy atom. The van der Waals surface area contributed by atoms with Gasteiger partial charge in [0, 0.05) is 6.20 Å². The van der Waals surface area contributed by atoms with E-state index >= 15 is 0 Å². The second-order valence-electron chi connectivity index (χ2n) is 4.01. The van der Waals surface area contributed by atoms with Crippen molar-refractivity contribution in [3.8, 4) is 0 Å². The van der Waals surface area contributed by atoms with Crippen molar-refractivity contribution in [1.29, 1.82) is 0 Å². The molecule has 0 radical (unpaired) electrons. The molecule has 0 spiro atoms. The van der Waals surface area contributed by atoms with Crippen molar-refractivity contribution < 1.29 is 13.9 Å². The topological polar surface area (TPSA) is 83.0 Å². The van der Waals surface area contributed by atoms with Crippen LogP contribution in [0.4, 0.5) is 0 Å². The van der Waals surface area contributed by atoms with Crippen molar-refractivity contribution in [3.63, 3.8) is 0 Å². The molecule has 2 aromatic heterocycles. The fourth-order valence-corrected chi connectivity index (χ4v) is 1.61. The molecule has 0 saturated heterocycles. The van der Waals surface area contributed by atoms with Crippen LogP contribution < -0.4 is 0 Å². The zero-order valence-corrected chi connectivity index (χ0v) is 11.5. The van der Waals surface area contributed by atoms with E-state index in [4.69, 9.17) is 16.0 Å². The summed E-state index contributed by atoms with van der Waals surface area (Å²) in [6.07, 6.45) is 1.64. The van der Waals surface area contributed by atoms with E-state index in [1.54, 1.807) is 10.9 Å². The molecular formula is C11H13ClN4O3. The van der Waals surface area contributed by atoms with Crippen LogP contribution in [0.3, 0.4) is 0 Å². The maximum absolute atomic E-state index is 11.1. The van der Waals surface area contributed by atoms with Crippen molar-refractivity contribution in [1.82, 2.24) is 20.0 Å². The van der Waals surface area contributed by atoms with Gasteiger partial charge in [-0.05, 0) is 13.8 Å². The summed E-state index contributed by atoms with van der Waals surface area (Å²) in [6, 6.07) is -0.259. The van der Waals surface area contributed by atoms with Gasteiger partial charge in [0.25, 0.3) is 0 Å². The Morgan fingerprint density at radius 2 is 2.32 bits per heavy atom. The quantitative estimate of drug-likeness (QED) is 0.792. The molecule has 1 atom stereocenters. The van der Waals surface area contributed by atoms with Gasteiger partial charge in [0.1, 0.15) is 12.5 Å². The van der Waals surface area contributed by atoms with Gasteiger partial charge in [-0.2, -0.15) is 5.10 Å². The maximum atomic E-state index is 11.1. The van der Waals surface area contributed by atoms with Crippen molar-refractivity contribution in [2.45, 2.75) is 26.3 Å². The van der Waals surface area contributed by atoms with Gasteiger partial charge in [-0.1, -0.05) is 11.6 Å². The number of hydrogen-bond acceptors (Lipinski definition) is 6. The highest BCUT2D eigenvalue weighted by atomic mass is 35.5. The first-order chi connectivity index (χ1) is 9.01. The summed E-state index contributed by atoms with van der Waals surface area (Å²) in [7, 11) is 1.30. The van der Waals surface area contributed by atoms with E-state index in [0.29, 0.717) is 10.9 Å². The summed E-state index contributed by atoms with van der Waals surface area (Å²) in [6.45, 7) is 3.65. The maximum Gasteiger partial charge on any atom is 0.315 e. The summed E-state index contributed by atoms with van der Waals surface area (Å²) < 4.78 is 11.6. The SMILES string of the molecule is COC(=O)Cc1nnc(C(C)n2cc(Cl)c(C)n2)o1. The lowest BCUT2D eigenvalue weighted by molar-refractivity contribution is -0.140. The Hall–Kier alpha value is -1.89. The summed E-state index contributed by atoms with van der Waals surface area (Å²) in [5, 5.41) is 12.5. The molecule has 102 valence electrons. The molecule has 8 heteroatoms. The summed E-state index contributed by atoms with van der Waals surface area (Å²) >= 11 is 5.94. The number of halogens is 1. The minimum atomic E-state index is -0.430. The molecule has 19 heavy (non-hydrogen) atoms. The Labute approximate surface area is 114 Å². The van der Waals surface area contributed by atoms with Crippen LogP contribution in [0.5, 0.6) is 0 Å². The molecule has 0 fully saturated rings. The molecule has 0 aliphatic rings. The number of hydrogen-bond donors (Lipinski definition) is 0. The molecule has 0 amide bonds. The molecule has 0 aromatic carbocycles. The second kappa shape index (κ2) is 5.40. The molecule has 0 aliphatic heterocycles. The highest BCUT2D eigenvalue weighted by molar-refractivity contribution is 6.31. The van der Waals surface area contributed by atoms with Crippen LogP contribution in [0, 0.1) is 6.92 Å². The molecule has 0 saturated carbocycles. The van der Waals surface area contributed by atoms with Gasteiger partial charge in [0.2, 0.25) is 11.8 Å². The van der Waals surface area contributed by atoms with Crippen molar-refractivity contribution in [2.24, 2.45) is 0 Å². The number of nitrogens with zero attached hydrogens (tertiary/aromatic N) is 4. The van der Waals surface area contributed by atoms with Gasteiger partial charge in [0.05, 0.1) is 17.8 Å². The summed E-state index contributed by atoms with van der Waals surface area (Å²) in [5.41, 5.74) is 0.725. The van der Waals surface area contributed by atoms with Gasteiger partial charge < -0.3 is 9.15 Å². The van der Waals surface area contributed by atoms with E-state index < -0.39 is 5.97 Å². The van der Waals surface area contributed by atoms with Crippen LogP contribution in [-0.2, 0) is 16.0 Å². The Kier molecular flexibility index (Phi) is 3.84. The number of methoxy groups -OCH3 is 1. The van der Waals surface area contributed by atoms with E-state index in [1.165, 1.54) is 7.11 Å². The average Bonchev–Trinajstić information content (AvgIpc) is 2.96. The van der Waals surface area contributed by atoms with Gasteiger partial charge >= 0.3 is 5.97 Å². The predicted octanol–water partition coefficient (Wildman–Crippen LogP) is 1.55. The lowest BCUT2D eigenvalue weighted by Gasteiger charge is -2.06. The molecular weight excluding hydrogens is 272 g/mol. The third kappa shape index (κ3) is 2.93. The van der Waals surface area contributed by atoms with E-state index in [0.717, 1.165) is 5.69 Å². The highest BCUT2D eigenvalue weighted by Crippen LogP contribution is 2.20. The Morgan fingerprint density at radius 1 is 1.58 bits per heavy atom. The molecule has 0 N–H and O–H groups in total. The summed E-state index contributed by atoms with van der Waals surface area (Å²) in [5.74, 6) is 0.141. The van der Waals surface area contributed by atoms with Crippen LogP contribution in [0.15, 0.2) is 10.6 Å². The largest absolute Gasteiger partial charge is 0.469 e. The van der Waals surface area contributed by atoms with E-state index in [9.17, 15) is 4.79 Å². The monoisotopic (exact) mass is 284 g/mol. The minimum absolute atomic E-state index is 0.0465. The molecule has 2 heterocycles. The first kappa shape index (κ1) is 13.5. The van der Waals surface area contributed by atoms with E-state index in [-0.39, 0.29) is 18.4 Å². The zero-order chi connectivity index (χ0) is 14.0. The van der Waals surface area contributed by atoms with Crippen molar-refractivity contribution >= 4 is 17.6 Å². The van der Waals surface area contributed by atoms with Crippen LogP contribution >= 0.6 is 11.6 Å². The highest BCUT2D eigenvalue weighted by Gasteiger charge is 2.19. The normalized spacial score (nSPS) is 12.4. The average molecular weight is 285 g/mol. The van der Waals surface area contributed by atoms with E-state index in [2.05, 4.69) is 20.0 Å². The van der Waals surface area contributed by atoms with Crippen molar-refractivity contribution in [3.05, 3.63) is 28.7 Å². The molecule has 1 unspecified atom stereocenters. The van der Waals surface area contributed by atoms with Gasteiger partial charge in [-0.3, -0.25) is 9.48 Å². The fourth-order valence-electron chi connectivity index (χ4n) is 1.47.